The van der Waals surface area contributed by atoms with E-state index in [1.54, 1.807) is 0 Å². The van der Waals surface area contributed by atoms with Crippen molar-refractivity contribution in [1.82, 2.24) is 0 Å². The molecule has 0 unspecified atom stereocenters. The second-order valence-electron chi connectivity index (χ2n) is 7.32. The fourth-order valence-corrected chi connectivity index (χ4v) is 3.48. The number of imide groups is 1. The van der Waals surface area contributed by atoms with Gasteiger partial charge in [-0.25, -0.2) is 4.90 Å². The molecule has 4 nitrogen and oxygen atoms in total. The maximum absolute atomic E-state index is 13.4. The fourth-order valence-electron chi connectivity index (χ4n) is 3.48. The summed E-state index contributed by atoms with van der Waals surface area (Å²) in [6.45, 7) is 5.97. The van der Waals surface area contributed by atoms with E-state index in [4.69, 9.17) is 0 Å². The van der Waals surface area contributed by atoms with Gasteiger partial charge in [-0.05, 0) is 67.3 Å². The van der Waals surface area contributed by atoms with Crippen LogP contribution in [-0.2, 0) is 9.59 Å². The third-order valence-electron chi connectivity index (χ3n) is 5.18. The molecule has 0 atom stereocenters. The molecule has 144 valence electrons. The summed E-state index contributed by atoms with van der Waals surface area (Å²) < 4.78 is 0. The summed E-state index contributed by atoms with van der Waals surface area (Å²) in [5, 5.41) is 3.20. The first-order valence-corrected chi connectivity index (χ1v) is 9.55. The monoisotopic (exact) mass is 382 g/mol. The van der Waals surface area contributed by atoms with Crippen LogP contribution in [0.15, 0.2) is 78.5 Å². The van der Waals surface area contributed by atoms with Gasteiger partial charge in [-0.1, -0.05) is 48.5 Å². The normalized spacial score (nSPS) is 14.0. The molecule has 0 spiro atoms. The molecule has 0 fully saturated rings. The molecule has 3 aromatic rings. The topological polar surface area (TPSA) is 49.4 Å². The van der Waals surface area contributed by atoms with Gasteiger partial charge in [0, 0.05) is 5.69 Å². The Morgan fingerprint density at radius 2 is 1.48 bits per heavy atom. The summed E-state index contributed by atoms with van der Waals surface area (Å²) in [5.41, 5.74) is 5.97. The first-order chi connectivity index (χ1) is 14.0. The molecular weight excluding hydrogens is 360 g/mol. The van der Waals surface area contributed by atoms with E-state index in [0.717, 1.165) is 22.4 Å². The number of anilines is 2. The van der Waals surface area contributed by atoms with Gasteiger partial charge in [-0.15, -0.1) is 0 Å². The van der Waals surface area contributed by atoms with Crippen molar-refractivity contribution < 1.29 is 9.59 Å². The Hall–Kier alpha value is -3.66. The summed E-state index contributed by atoms with van der Waals surface area (Å²) >= 11 is 0. The number of benzene rings is 3. The van der Waals surface area contributed by atoms with Crippen LogP contribution in [0.3, 0.4) is 0 Å². The minimum atomic E-state index is -0.349. The first-order valence-electron chi connectivity index (χ1n) is 9.55. The van der Waals surface area contributed by atoms with Gasteiger partial charge < -0.3 is 5.32 Å². The summed E-state index contributed by atoms with van der Waals surface area (Å²) in [6, 6.07) is 22.7. The van der Waals surface area contributed by atoms with Crippen molar-refractivity contribution in [2.24, 2.45) is 0 Å². The van der Waals surface area contributed by atoms with Crippen molar-refractivity contribution in [2.45, 2.75) is 20.8 Å². The number of nitrogens with one attached hydrogen (secondary N) is 1. The van der Waals surface area contributed by atoms with E-state index >= 15 is 0 Å². The molecule has 0 aliphatic carbocycles. The zero-order chi connectivity index (χ0) is 20.5. The zero-order valence-corrected chi connectivity index (χ0v) is 16.7. The van der Waals surface area contributed by atoms with E-state index in [2.05, 4.69) is 5.32 Å². The molecule has 1 heterocycles. The highest BCUT2D eigenvalue weighted by molar-refractivity contribution is 6.46. The van der Waals surface area contributed by atoms with Crippen LogP contribution in [0.2, 0.25) is 0 Å². The maximum Gasteiger partial charge on any atom is 0.282 e. The van der Waals surface area contributed by atoms with Crippen LogP contribution in [0.1, 0.15) is 22.3 Å². The second-order valence-corrected chi connectivity index (χ2v) is 7.32. The Bertz CT molecular complexity index is 1150. The molecule has 3 aromatic carbocycles. The summed E-state index contributed by atoms with van der Waals surface area (Å²) in [4.78, 5) is 28.0. The first kappa shape index (κ1) is 18.7. The SMILES string of the molecule is Cc1cccc(NC2=C(c3ccccc3)C(=O)N(c3ccc(C)c(C)c3)C2=O)c1. The van der Waals surface area contributed by atoms with Crippen LogP contribution < -0.4 is 10.2 Å². The molecule has 0 bridgehead atoms. The van der Waals surface area contributed by atoms with Crippen LogP contribution in [-0.4, -0.2) is 11.8 Å². The largest absolute Gasteiger partial charge is 0.350 e. The number of hydrogen-bond donors (Lipinski definition) is 1. The Morgan fingerprint density at radius 1 is 0.724 bits per heavy atom. The van der Waals surface area contributed by atoms with Crippen LogP contribution >= 0.6 is 0 Å². The molecular formula is C25H22N2O2. The second kappa shape index (κ2) is 7.40. The van der Waals surface area contributed by atoms with Crippen LogP contribution in [0.5, 0.6) is 0 Å². The predicted octanol–water partition coefficient (Wildman–Crippen LogP) is 5.01. The predicted molar refractivity (Wildman–Crippen MR) is 117 cm³/mol. The summed E-state index contributed by atoms with van der Waals surface area (Å²) in [6.07, 6.45) is 0. The van der Waals surface area contributed by atoms with Crippen molar-refractivity contribution in [3.63, 3.8) is 0 Å². The highest BCUT2D eigenvalue weighted by Gasteiger charge is 2.40. The number of hydrogen-bond acceptors (Lipinski definition) is 3. The van der Waals surface area contributed by atoms with Gasteiger partial charge in [0.2, 0.25) is 0 Å². The fraction of sp³-hybridized carbons (Fsp3) is 0.120. The summed E-state index contributed by atoms with van der Waals surface area (Å²) in [5.74, 6) is -0.668. The van der Waals surface area contributed by atoms with Crippen LogP contribution in [0.25, 0.3) is 5.57 Å². The van der Waals surface area contributed by atoms with Gasteiger partial charge in [0.15, 0.2) is 0 Å². The number of carbonyl (C=O) groups excluding carboxylic acids is 2. The molecule has 1 aliphatic heterocycles. The van der Waals surface area contributed by atoms with Crippen molar-refractivity contribution in [2.75, 3.05) is 10.2 Å². The minimum absolute atomic E-state index is 0.296. The quantitative estimate of drug-likeness (QED) is 0.646. The third-order valence-corrected chi connectivity index (χ3v) is 5.18. The van der Waals surface area contributed by atoms with E-state index in [-0.39, 0.29) is 11.8 Å². The molecule has 4 heteroatoms. The smallest absolute Gasteiger partial charge is 0.282 e. The van der Waals surface area contributed by atoms with E-state index in [9.17, 15) is 9.59 Å². The Balaban J connectivity index is 1.82. The zero-order valence-electron chi connectivity index (χ0n) is 16.7. The van der Waals surface area contributed by atoms with Crippen molar-refractivity contribution in [3.8, 4) is 0 Å². The summed E-state index contributed by atoms with van der Waals surface area (Å²) in [7, 11) is 0. The van der Waals surface area contributed by atoms with Gasteiger partial charge in [-0.2, -0.15) is 0 Å². The van der Waals surface area contributed by atoms with Crippen molar-refractivity contribution in [3.05, 3.63) is 101 Å². The maximum atomic E-state index is 13.4. The lowest BCUT2D eigenvalue weighted by Gasteiger charge is -2.17. The molecule has 29 heavy (non-hydrogen) atoms. The van der Waals surface area contributed by atoms with Gasteiger partial charge in [0.25, 0.3) is 11.8 Å². The standard InChI is InChI=1S/C25H22N2O2/c1-16-8-7-11-20(14-16)26-23-22(19-9-5-4-6-10-19)24(28)27(25(23)29)21-13-12-17(2)18(3)15-21/h4-15,26H,1-3H3. The number of rotatable bonds is 4. The van der Waals surface area contributed by atoms with Crippen LogP contribution in [0, 0.1) is 20.8 Å². The molecule has 0 radical (unpaired) electrons. The van der Waals surface area contributed by atoms with Gasteiger partial charge in [0.05, 0.1) is 11.3 Å². The molecule has 4 rings (SSSR count). The van der Waals surface area contributed by atoms with Crippen molar-refractivity contribution in [1.29, 1.82) is 0 Å². The van der Waals surface area contributed by atoms with Crippen molar-refractivity contribution >= 4 is 28.8 Å². The van der Waals surface area contributed by atoms with Gasteiger partial charge in [0.1, 0.15) is 5.70 Å². The van der Waals surface area contributed by atoms with Gasteiger partial charge in [-0.3, -0.25) is 9.59 Å². The lowest BCUT2D eigenvalue weighted by atomic mass is 10.0. The molecule has 1 N–H and O–H groups in total. The van der Waals surface area contributed by atoms with Crippen LogP contribution in [0.4, 0.5) is 11.4 Å². The molecule has 1 aliphatic rings. The number of nitrogens with zero attached hydrogens (tertiary/aromatic N) is 1. The molecule has 0 saturated heterocycles. The molecule has 2 amide bonds. The highest BCUT2D eigenvalue weighted by Crippen LogP contribution is 2.34. The Morgan fingerprint density at radius 3 is 2.17 bits per heavy atom. The minimum Gasteiger partial charge on any atom is -0.350 e. The Kier molecular flexibility index (Phi) is 4.77. The van der Waals surface area contributed by atoms with Gasteiger partial charge >= 0.3 is 0 Å². The Labute approximate surface area is 170 Å². The van der Waals surface area contributed by atoms with E-state index < -0.39 is 0 Å². The average Bonchev–Trinajstić information content (AvgIpc) is 2.95. The highest BCUT2D eigenvalue weighted by atomic mass is 16.2. The van der Waals surface area contributed by atoms with E-state index in [1.165, 1.54) is 4.90 Å². The molecule has 0 saturated carbocycles. The molecule has 0 aromatic heterocycles. The number of aryl methyl sites for hydroxylation is 3. The average molecular weight is 382 g/mol. The lowest BCUT2D eigenvalue weighted by Crippen LogP contribution is -2.32. The lowest BCUT2D eigenvalue weighted by molar-refractivity contribution is -0.120. The van der Waals surface area contributed by atoms with E-state index in [1.807, 2.05) is 93.6 Å². The number of amides is 2. The number of carbonyl (C=O) groups is 2. The van der Waals surface area contributed by atoms with E-state index in [0.29, 0.717) is 22.5 Å². The third kappa shape index (κ3) is 3.45.